The number of aryl methyl sites for hydroxylation is 1. The predicted octanol–water partition coefficient (Wildman–Crippen LogP) is 1.98. The van der Waals surface area contributed by atoms with Gasteiger partial charge in [0.05, 0.1) is 0 Å². The van der Waals surface area contributed by atoms with Gasteiger partial charge in [0.2, 0.25) is 17.8 Å². The molecule has 0 aliphatic rings. The molecule has 0 atom stereocenters. The van der Waals surface area contributed by atoms with Crippen molar-refractivity contribution in [1.82, 2.24) is 15.0 Å². The summed E-state index contributed by atoms with van der Waals surface area (Å²) in [4.78, 5) is 15.4. The van der Waals surface area contributed by atoms with Gasteiger partial charge in [-0.2, -0.15) is 15.0 Å². The van der Waals surface area contributed by atoms with Crippen LogP contribution < -0.4 is 16.0 Å². The van der Waals surface area contributed by atoms with Crippen molar-refractivity contribution in [3.63, 3.8) is 0 Å². The van der Waals surface area contributed by atoms with E-state index < -0.39 is 0 Å². The van der Waals surface area contributed by atoms with Gasteiger partial charge < -0.3 is 16.0 Å². The van der Waals surface area contributed by atoms with E-state index in [0.717, 1.165) is 13.0 Å². The first kappa shape index (κ1) is 13.5. The second-order valence-corrected chi connectivity index (χ2v) is 5.37. The molecule has 0 fully saturated rings. The Labute approximate surface area is 116 Å². The molecule has 102 valence electrons. The smallest absolute Gasteiger partial charge is 0.229 e. The van der Waals surface area contributed by atoms with Gasteiger partial charge >= 0.3 is 0 Å². The van der Waals surface area contributed by atoms with Crippen LogP contribution in [0.4, 0.5) is 17.8 Å². The van der Waals surface area contributed by atoms with Crippen LogP contribution >= 0.6 is 11.3 Å². The quantitative estimate of drug-likeness (QED) is 0.750. The molecule has 3 N–H and O–H groups in total. The number of hydrogen-bond acceptors (Lipinski definition) is 7. The zero-order valence-electron chi connectivity index (χ0n) is 11.3. The average Bonchev–Trinajstić information content (AvgIpc) is 2.84. The summed E-state index contributed by atoms with van der Waals surface area (Å²) in [6.07, 6.45) is 0.966. The van der Waals surface area contributed by atoms with Crippen LogP contribution in [0.1, 0.15) is 9.75 Å². The van der Waals surface area contributed by atoms with Crippen molar-refractivity contribution in [2.24, 2.45) is 0 Å². The first-order valence-corrected chi connectivity index (χ1v) is 6.93. The minimum Gasteiger partial charge on any atom is -0.357 e. The van der Waals surface area contributed by atoms with Crippen molar-refractivity contribution in [3.8, 4) is 0 Å². The number of aromatic nitrogens is 3. The number of anilines is 3. The molecule has 0 aromatic carbocycles. The first-order valence-electron chi connectivity index (χ1n) is 6.12. The van der Waals surface area contributed by atoms with Crippen molar-refractivity contribution in [1.29, 1.82) is 0 Å². The molecule has 0 aliphatic carbocycles. The molecule has 19 heavy (non-hydrogen) atoms. The summed E-state index contributed by atoms with van der Waals surface area (Å²) in [6.45, 7) is 2.92. The van der Waals surface area contributed by atoms with Gasteiger partial charge in [-0.25, -0.2) is 0 Å². The number of thiophene rings is 1. The molecule has 2 aromatic heterocycles. The van der Waals surface area contributed by atoms with Crippen LogP contribution in [0.2, 0.25) is 0 Å². The highest BCUT2D eigenvalue weighted by molar-refractivity contribution is 7.11. The van der Waals surface area contributed by atoms with E-state index in [4.69, 9.17) is 0 Å². The van der Waals surface area contributed by atoms with E-state index >= 15 is 0 Å². The third kappa shape index (κ3) is 3.78. The lowest BCUT2D eigenvalue weighted by atomic mass is 10.3. The second kappa shape index (κ2) is 6.33. The summed E-state index contributed by atoms with van der Waals surface area (Å²) in [6, 6.07) is 4.30. The monoisotopic (exact) mass is 278 g/mol. The van der Waals surface area contributed by atoms with Crippen molar-refractivity contribution in [2.45, 2.75) is 13.3 Å². The third-order valence-electron chi connectivity index (χ3n) is 2.53. The minimum absolute atomic E-state index is 0.550. The fourth-order valence-electron chi connectivity index (χ4n) is 1.60. The molecule has 2 heterocycles. The Bertz CT molecular complexity index is 517. The summed E-state index contributed by atoms with van der Waals surface area (Å²) in [7, 11) is 3.57. The maximum Gasteiger partial charge on any atom is 0.229 e. The molecule has 0 aliphatic heterocycles. The molecule has 6 nitrogen and oxygen atoms in total. The van der Waals surface area contributed by atoms with Crippen molar-refractivity contribution >= 4 is 29.2 Å². The number of hydrogen-bond donors (Lipinski definition) is 3. The molecule has 0 spiro atoms. The summed E-state index contributed by atoms with van der Waals surface area (Å²) in [5, 5.41) is 9.04. The molecule has 0 radical (unpaired) electrons. The molecular weight excluding hydrogens is 260 g/mol. The zero-order valence-corrected chi connectivity index (χ0v) is 12.1. The SMILES string of the molecule is CNc1nc(NC)nc(NCCc2ccc(C)s2)n1. The highest BCUT2D eigenvalue weighted by Gasteiger charge is 2.04. The van der Waals surface area contributed by atoms with E-state index in [9.17, 15) is 0 Å². The van der Waals surface area contributed by atoms with Crippen LogP contribution in [0.25, 0.3) is 0 Å². The Morgan fingerprint density at radius 3 is 2.16 bits per heavy atom. The molecule has 0 amide bonds. The Hall–Kier alpha value is -1.89. The molecule has 7 heteroatoms. The lowest BCUT2D eigenvalue weighted by Gasteiger charge is -2.07. The minimum atomic E-state index is 0.550. The Kier molecular flexibility index (Phi) is 4.51. The van der Waals surface area contributed by atoms with E-state index in [0.29, 0.717) is 17.8 Å². The highest BCUT2D eigenvalue weighted by atomic mass is 32.1. The third-order valence-corrected chi connectivity index (χ3v) is 3.59. The zero-order chi connectivity index (χ0) is 13.7. The Morgan fingerprint density at radius 2 is 1.63 bits per heavy atom. The van der Waals surface area contributed by atoms with Crippen molar-refractivity contribution in [2.75, 3.05) is 36.6 Å². The lowest BCUT2D eigenvalue weighted by molar-refractivity contribution is 0.976. The summed E-state index contributed by atoms with van der Waals surface area (Å²) < 4.78 is 0. The van der Waals surface area contributed by atoms with E-state index in [1.54, 1.807) is 14.1 Å². The largest absolute Gasteiger partial charge is 0.357 e. The van der Waals surface area contributed by atoms with Crippen LogP contribution in [0.3, 0.4) is 0 Å². The molecule has 2 rings (SSSR count). The topological polar surface area (TPSA) is 74.8 Å². The van der Waals surface area contributed by atoms with Crippen LogP contribution in [0.15, 0.2) is 12.1 Å². The summed E-state index contributed by atoms with van der Waals surface area (Å²) >= 11 is 1.82. The van der Waals surface area contributed by atoms with Gasteiger partial charge in [-0.1, -0.05) is 0 Å². The molecule has 0 bridgehead atoms. The lowest BCUT2D eigenvalue weighted by Crippen LogP contribution is -2.11. The van der Waals surface area contributed by atoms with Gasteiger partial charge in [-0.05, 0) is 25.5 Å². The number of rotatable bonds is 6. The fourth-order valence-corrected chi connectivity index (χ4v) is 2.49. The molecule has 0 saturated carbocycles. The summed E-state index contributed by atoms with van der Waals surface area (Å²) in [5.74, 6) is 1.68. The fraction of sp³-hybridized carbons (Fsp3) is 0.417. The predicted molar refractivity (Wildman–Crippen MR) is 80.2 cm³/mol. The van der Waals surface area contributed by atoms with Crippen LogP contribution in [-0.2, 0) is 6.42 Å². The van der Waals surface area contributed by atoms with Gasteiger partial charge in [0.1, 0.15) is 0 Å². The molecule has 0 unspecified atom stereocenters. The molecule has 2 aromatic rings. The van der Waals surface area contributed by atoms with E-state index in [2.05, 4.69) is 50.0 Å². The van der Waals surface area contributed by atoms with E-state index in [1.807, 2.05) is 11.3 Å². The number of nitrogens with one attached hydrogen (secondary N) is 3. The van der Waals surface area contributed by atoms with Crippen LogP contribution in [0.5, 0.6) is 0 Å². The summed E-state index contributed by atoms with van der Waals surface area (Å²) in [5.41, 5.74) is 0. The van der Waals surface area contributed by atoms with Crippen molar-refractivity contribution in [3.05, 3.63) is 21.9 Å². The van der Waals surface area contributed by atoms with Crippen LogP contribution in [-0.4, -0.2) is 35.6 Å². The van der Waals surface area contributed by atoms with E-state index in [-0.39, 0.29) is 0 Å². The van der Waals surface area contributed by atoms with Gasteiger partial charge in [0.25, 0.3) is 0 Å². The second-order valence-electron chi connectivity index (χ2n) is 4.00. The van der Waals surface area contributed by atoms with Gasteiger partial charge in [0.15, 0.2) is 0 Å². The highest BCUT2D eigenvalue weighted by Crippen LogP contribution is 2.15. The van der Waals surface area contributed by atoms with Crippen molar-refractivity contribution < 1.29 is 0 Å². The number of nitrogens with zero attached hydrogens (tertiary/aromatic N) is 3. The Balaban J connectivity index is 1.95. The molecular formula is C12H18N6S. The first-order chi connectivity index (χ1) is 9.21. The van der Waals surface area contributed by atoms with Gasteiger partial charge in [-0.3, -0.25) is 0 Å². The normalized spacial score (nSPS) is 10.3. The van der Waals surface area contributed by atoms with Gasteiger partial charge in [0, 0.05) is 30.4 Å². The average molecular weight is 278 g/mol. The van der Waals surface area contributed by atoms with Crippen LogP contribution in [0, 0.1) is 6.92 Å². The Morgan fingerprint density at radius 1 is 1.00 bits per heavy atom. The van der Waals surface area contributed by atoms with Gasteiger partial charge in [-0.15, -0.1) is 11.3 Å². The standard InChI is InChI=1S/C12H18N6S/c1-8-4-5-9(19-8)6-7-15-12-17-10(13-2)16-11(14-3)18-12/h4-5H,6-7H2,1-3H3,(H3,13,14,15,16,17,18). The maximum atomic E-state index is 4.26. The molecule has 0 saturated heterocycles. The maximum absolute atomic E-state index is 4.26. The van der Waals surface area contributed by atoms with E-state index in [1.165, 1.54) is 9.75 Å².